The maximum absolute atomic E-state index is 9.99. The normalized spacial score (nSPS) is 23.3. The highest BCUT2D eigenvalue weighted by Gasteiger charge is 2.36. The molecule has 0 bridgehead atoms. The molecule has 0 saturated heterocycles. The highest BCUT2D eigenvalue weighted by atomic mass is 16.1. The number of nitrogens with zero attached hydrogens (tertiary/aromatic N) is 1. The third kappa shape index (κ3) is 1.68. The SMILES string of the molecule is CC1([N+]=C=O)CCCCC1. The highest BCUT2D eigenvalue weighted by molar-refractivity contribution is 5.32. The largest absolute Gasteiger partial charge is 0.497 e. The third-order valence-electron chi connectivity index (χ3n) is 2.25. The van der Waals surface area contributed by atoms with Gasteiger partial charge in [0.05, 0.1) is 0 Å². The Hall–Kier alpha value is -0.620. The van der Waals surface area contributed by atoms with Crippen molar-refractivity contribution in [1.29, 1.82) is 0 Å². The molecule has 0 N–H and O–H groups in total. The number of hydrogen-bond donors (Lipinski definition) is 0. The first kappa shape index (κ1) is 7.49. The Morgan fingerprint density at radius 3 is 2.40 bits per heavy atom. The fraction of sp³-hybridized carbons (Fsp3) is 0.875. The average Bonchev–Trinajstić information content (AvgIpc) is 1.89. The summed E-state index contributed by atoms with van der Waals surface area (Å²) in [4.78, 5) is 13.8. The Labute approximate surface area is 61.3 Å². The summed E-state index contributed by atoms with van der Waals surface area (Å²) in [7, 11) is 0. The molecule has 1 saturated carbocycles. The molecule has 0 unspecified atom stereocenters. The third-order valence-corrected chi connectivity index (χ3v) is 2.25. The summed E-state index contributed by atoms with van der Waals surface area (Å²) in [5.74, 6) is 0. The molecule has 55 valence electrons. The van der Waals surface area contributed by atoms with Gasteiger partial charge in [0.15, 0.2) is 0 Å². The van der Waals surface area contributed by atoms with E-state index in [1.54, 1.807) is 6.08 Å². The highest BCUT2D eigenvalue weighted by Crippen LogP contribution is 2.26. The van der Waals surface area contributed by atoms with Crippen LogP contribution in [0.4, 0.5) is 0 Å². The zero-order chi connectivity index (χ0) is 7.45. The lowest BCUT2D eigenvalue weighted by Crippen LogP contribution is -2.32. The second-order valence-electron chi connectivity index (χ2n) is 3.26. The van der Waals surface area contributed by atoms with Crippen LogP contribution in [0.1, 0.15) is 39.0 Å². The van der Waals surface area contributed by atoms with Gasteiger partial charge in [-0.1, -0.05) is 6.42 Å². The minimum absolute atomic E-state index is 0.0694. The summed E-state index contributed by atoms with van der Waals surface area (Å²) >= 11 is 0. The quantitative estimate of drug-likeness (QED) is 0.399. The molecule has 1 aliphatic rings. The zero-order valence-corrected chi connectivity index (χ0v) is 6.39. The number of rotatable bonds is 1. The number of aliphatic imine (C=N–C) groups is 1. The van der Waals surface area contributed by atoms with Crippen molar-refractivity contribution in [3.8, 4) is 0 Å². The van der Waals surface area contributed by atoms with E-state index < -0.39 is 0 Å². The van der Waals surface area contributed by atoms with Crippen LogP contribution in [-0.2, 0) is 4.79 Å². The first-order valence-corrected chi connectivity index (χ1v) is 3.86. The molecule has 0 aliphatic heterocycles. The van der Waals surface area contributed by atoms with E-state index in [9.17, 15) is 4.79 Å². The van der Waals surface area contributed by atoms with Crippen LogP contribution < -0.4 is 4.99 Å². The van der Waals surface area contributed by atoms with Crippen LogP contribution in [0.5, 0.6) is 0 Å². The fourth-order valence-corrected chi connectivity index (χ4v) is 1.54. The standard InChI is InChI=1S/C8H13NO/c1-8(9-7-10)5-3-2-4-6-8/h2-6H2,1H3/q+1. The van der Waals surface area contributed by atoms with Gasteiger partial charge in [0.1, 0.15) is 4.99 Å². The summed E-state index contributed by atoms with van der Waals surface area (Å²) < 4.78 is 0. The summed E-state index contributed by atoms with van der Waals surface area (Å²) in [5, 5.41) is 0. The molecular formula is C8H13NO+. The van der Waals surface area contributed by atoms with Gasteiger partial charge in [-0.2, -0.15) is 4.79 Å². The smallest absolute Gasteiger partial charge is 0.154 e. The predicted molar refractivity (Wildman–Crippen MR) is 39.3 cm³/mol. The van der Waals surface area contributed by atoms with Crippen LogP contribution in [0.25, 0.3) is 0 Å². The molecule has 1 radical (unpaired) electrons. The maximum Gasteiger partial charge on any atom is 0.497 e. The van der Waals surface area contributed by atoms with Gasteiger partial charge in [0, 0.05) is 19.8 Å². The van der Waals surface area contributed by atoms with Gasteiger partial charge in [-0.15, -0.1) is 0 Å². The number of carbonyl (C=O) groups excluding carboxylic acids is 1. The minimum Gasteiger partial charge on any atom is -0.154 e. The molecule has 0 aromatic rings. The first-order valence-electron chi connectivity index (χ1n) is 3.86. The van der Waals surface area contributed by atoms with Crippen molar-refractivity contribution >= 4 is 6.08 Å². The molecule has 0 atom stereocenters. The van der Waals surface area contributed by atoms with E-state index in [1.165, 1.54) is 19.3 Å². The van der Waals surface area contributed by atoms with Gasteiger partial charge in [0.25, 0.3) is 0 Å². The monoisotopic (exact) mass is 139 g/mol. The summed E-state index contributed by atoms with van der Waals surface area (Å²) in [5.41, 5.74) is -0.0694. The van der Waals surface area contributed by atoms with Gasteiger partial charge in [-0.25, -0.2) is 0 Å². The molecule has 1 aliphatic carbocycles. The van der Waals surface area contributed by atoms with Gasteiger partial charge >= 0.3 is 6.08 Å². The van der Waals surface area contributed by atoms with Crippen LogP contribution in [0.2, 0.25) is 0 Å². The Morgan fingerprint density at radius 2 is 1.90 bits per heavy atom. The van der Waals surface area contributed by atoms with E-state index in [0.717, 1.165) is 12.8 Å². The number of hydrogen-bond acceptors (Lipinski definition) is 2. The molecule has 0 heterocycles. The molecule has 2 heteroatoms. The lowest BCUT2D eigenvalue weighted by Gasteiger charge is -2.17. The van der Waals surface area contributed by atoms with Crippen molar-refractivity contribution in [2.75, 3.05) is 0 Å². The molecule has 0 aromatic heterocycles. The van der Waals surface area contributed by atoms with E-state index in [1.807, 2.05) is 6.92 Å². The van der Waals surface area contributed by atoms with Gasteiger partial charge in [-0.05, 0) is 12.8 Å². The van der Waals surface area contributed by atoms with Gasteiger partial charge in [-0.3, -0.25) is 0 Å². The molecule has 1 fully saturated rings. The van der Waals surface area contributed by atoms with E-state index in [-0.39, 0.29) is 5.54 Å². The molecule has 1 rings (SSSR count). The Kier molecular flexibility index (Phi) is 2.23. The van der Waals surface area contributed by atoms with Crippen molar-refractivity contribution < 1.29 is 4.79 Å². The summed E-state index contributed by atoms with van der Waals surface area (Å²) in [6.07, 6.45) is 7.48. The Bertz CT molecular complexity index is 153. The van der Waals surface area contributed by atoms with Crippen LogP contribution in [-0.4, -0.2) is 11.6 Å². The predicted octanol–water partition coefficient (Wildman–Crippen LogP) is 1.38. The lowest BCUT2D eigenvalue weighted by molar-refractivity contribution is 0.298. The van der Waals surface area contributed by atoms with Crippen LogP contribution >= 0.6 is 0 Å². The second kappa shape index (κ2) is 2.98. The van der Waals surface area contributed by atoms with Gasteiger partial charge in [0.2, 0.25) is 5.54 Å². The van der Waals surface area contributed by atoms with Crippen molar-refractivity contribution in [3.63, 3.8) is 0 Å². The van der Waals surface area contributed by atoms with E-state index in [2.05, 4.69) is 4.99 Å². The van der Waals surface area contributed by atoms with Crippen LogP contribution in [0, 0.1) is 0 Å². The minimum atomic E-state index is -0.0694. The summed E-state index contributed by atoms with van der Waals surface area (Å²) in [6, 6.07) is 0. The van der Waals surface area contributed by atoms with E-state index >= 15 is 0 Å². The van der Waals surface area contributed by atoms with Crippen molar-refractivity contribution in [2.24, 2.45) is 0 Å². The van der Waals surface area contributed by atoms with Crippen molar-refractivity contribution in [3.05, 3.63) is 0 Å². The summed E-state index contributed by atoms with van der Waals surface area (Å²) in [6.45, 7) is 2.04. The Morgan fingerprint density at radius 1 is 1.30 bits per heavy atom. The Balaban J connectivity index is 2.56. The molecule has 10 heavy (non-hydrogen) atoms. The topological polar surface area (TPSA) is 31.2 Å². The van der Waals surface area contributed by atoms with Crippen LogP contribution in [0.3, 0.4) is 0 Å². The van der Waals surface area contributed by atoms with Crippen molar-refractivity contribution in [1.82, 2.24) is 4.99 Å². The lowest BCUT2D eigenvalue weighted by atomic mass is 9.84. The second-order valence-corrected chi connectivity index (χ2v) is 3.26. The zero-order valence-electron chi connectivity index (χ0n) is 6.39. The fourth-order valence-electron chi connectivity index (χ4n) is 1.54. The molecule has 2 nitrogen and oxygen atoms in total. The molecule has 0 amide bonds. The molecule has 0 aromatic carbocycles. The maximum atomic E-state index is 9.99. The number of isocyanates is 1. The molecular weight excluding hydrogens is 126 g/mol. The first-order chi connectivity index (χ1) is 4.77. The molecule has 0 spiro atoms. The van der Waals surface area contributed by atoms with E-state index in [0.29, 0.717) is 0 Å². The van der Waals surface area contributed by atoms with E-state index in [4.69, 9.17) is 0 Å². The average molecular weight is 139 g/mol. The van der Waals surface area contributed by atoms with Gasteiger partial charge < -0.3 is 0 Å². The van der Waals surface area contributed by atoms with Crippen molar-refractivity contribution in [2.45, 2.75) is 44.6 Å². The van der Waals surface area contributed by atoms with Crippen LogP contribution in [0.15, 0.2) is 0 Å².